The van der Waals surface area contributed by atoms with Crippen molar-refractivity contribution in [1.82, 2.24) is 9.97 Å². The Hall–Kier alpha value is -3.02. The Morgan fingerprint density at radius 3 is 2.64 bits per heavy atom. The van der Waals surface area contributed by atoms with Gasteiger partial charge in [0.2, 0.25) is 0 Å². The highest BCUT2D eigenvalue weighted by atomic mass is 16.5. The van der Waals surface area contributed by atoms with Crippen LogP contribution in [0.3, 0.4) is 0 Å². The van der Waals surface area contributed by atoms with E-state index in [1.54, 1.807) is 38.5 Å². The van der Waals surface area contributed by atoms with Gasteiger partial charge in [-0.25, -0.2) is 9.97 Å². The monoisotopic (exact) mass is 297 g/mol. The highest BCUT2D eigenvalue weighted by Crippen LogP contribution is 2.36. The average Bonchev–Trinajstić information content (AvgIpc) is 2.54. The maximum Gasteiger partial charge on any atom is 0.187 e. The minimum Gasteiger partial charge on any atom is -0.508 e. The number of nitrogens with one attached hydrogen (secondary N) is 1. The first-order chi connectivity index (χ1) is 10.7. The largest absolute Gasteiger partial charge is 0.508 e. The fraction of sp³-hybridized carbons (Fsp3) is 0.125. The number of aromatic nitrogens is 2. The van der Waals surface area contributed by atoms with E-state index < -0.39 is 0 Å². The van der Waals surface area contributed by atoms with Gasteiger partial charge in [-0.3, -0.25) is 0 Å². The second-order valence-electron chi connectivity index (χ2n) is 4.59. The van der Waals surface area contributed by atoms with Crippen molar-refractivity contribution in [3.63, 3.8) is 0 Å². The van der Waals surface area contributed by atoms with Gasteiger partial charge in [0.15, 0.2) is 11.5 Å². The van der Waals surface area contributed by atoms with Crippen LogP contribution >= 0.6 is 0 Å². The Morgan fingerprint density at radius 1 is 1.05 bits per heavy atom. The first-order valence-electron chi connectivity index (χ1n) is 6.64. The maximum atomic E-state index is 9.55. The molecule has 2 aromatic carbocycles. The minimum atomic E-state index is 0.183. The summed E-state index contributed by atoms with van der Waals surface area (Å²) in [4.78, 5) is 8.54. The number of fused-ring (bicyclic) bond motifs is 1. The van der Waals surface area contributed by atoms with E-state index in [9.17, 15) is 5.11 Å². The van der Waals surface area contributed by atoms with E-state index in [0.29, 0.717) is 22.8 Å². The molecule has 1 aromatic heterocycles. The summed E-state index contributed by atoms with van der Waals surface area (Å²) in [5.74, 6) is 1.97. The van der Waals surface area contributed by atoms with Crippen molar-refractivity contribution in [1.29, 1.82) is 0 Å². The number of hydrogen-bond acceptors (Lipinski definition) is 6. The molecule has 3 rings (SSSR count). The van der Waals surface area contributed by atoms with Crippen molar-refractivity contribution in [3.8, 4) is 17.2 Å². The van der Waals surface area contributed by atoms with Gasteiger partial charge in [0.1, 0.15) is 23.4 Å². The molecule has 6 nitrogen and oxygen atoms in total. The van der Waals surface area contributed by atoms with Gasteiger partial charge in [-0.2, -0.15) is 0 Å². The quantitative estimate of drug-likeness (QED) is 0.770. The Labute approximate surface area is 127 Å². The third-order valence-electron chi connectivity index (χ3n) is 3.26. The number of rotatable bonds is 4. The van der Waals surface area contributed by atoms with Crippen LogP contribution in [-0.2, 0) is 0 Å². The smallest absolute Gasteiger partial charge is 0.187 e. The molecule has 0 bridgehead atoms. The number of ether oxygens (including phenoxy) is 2. The highest BCUT2D eigenvalue weighted by molar-refractivity contribution is 5.95. The lowest BCUT2D eigenvalue weighted by Crippen LogP contribution is -1.98. The van der Waals surface area contributed by atoms with Gasteiger partial charge in [0.25, 0.3) is 0 Å². The summed E-state index contributed by atoms with van der Waals surface area (Å²) < 4.78 is 10.7. The van der Waals surface area contributed by atoms with E-state index in [2.05, 4.69) is 15.3 Å². The predicted octanol–water partition coefficient (Wildman–Crippen LogP) is 3.10. The van der Waals surface area contributed by atoms with Crippen molar-refractivity contribution in [2.75, 3.05) is 19.5 Å². The summed E-state index contributed by atoms with van der Waals surface area (Å²) in [5, 5.41) is 13.5. The molecule has 0 atom stereocenters. The SMILES string of the molecule is COc1ccc2c(Nc3cccc(O)c3)ncnc2c1OC. The third kappa shape index (κ3) is 2.46. The molecule has 0 saturated heterocycles. The molecule has 0 unspecified atom stereocenters. The molecule has 1 heterocycles. The molecule has 0 amide bonds. The molecule has 0 fully saturated rings. The van der Waals surface area contributed by atoms with Crippen LogP contribution in [-0.4, -0.2) is 29.3 Å². The molecule has 0 radical (unpaired) electrons. The van der Waals surface area contributed by atoms with E-state index in [-0.39, 0.29) is 5.75 Å². The summed E-state index contributed by atoms with van der Waals surface area (Å²) in [5.41, 5.74) is 1.38. The molecule has 0 aliphatic heterocycles. The molecule has 0 saturated carbocycles. The molecule has 0 spiro atoms. The molecular weight excluding hydrogens is 282 g/mol. The van der Waals surface area contributed by atoms with Crippen molar-refractivity contribution >= 4 is 22.4 Å². The molecule has 2 N–H and O–H groups in total. The lowest BCUT2D eigenvalue weighted by atomic mass is 10.2. The van der Waals surface area contributed by atoms with Gasteiger partial charge >= 0.3 is 0 Å². The van der Waals surface area contributed by atoms with E-state index in [0.717, 1.165) is 11.1 Å². The molecule has 22 heavy (non-hydrogen) atoms. The second kappa shape index (κ2) is 5.77. The summed E-state index contributed by atoms with van der Waals surface area (Å²) >= 11 is 0. The number of benzene rings is 2. The first kappa shape index (κ1) is 13.9. The van der Waals surface area contributed by atoms with Gasteiger partial charge in [-0.15, -0.1) is 0 Å². The normalized spacial score (nSPS) is 10.5. The van der Waals surface area contributed by atoms with Crippen LogP contribution in [0, 0.1) is 0 Å². The van der Waals surface area contributed by atoms with Crippen molar-refractivity contribution in [3.05, 3.63) is 42.7 Å². The van der Waals surface area contributed by atoms with Crippen LogP contribution in [0.1, 0.15) is 0 Å². The van der Waals surface area contributed by atoms with E-state index in [4.69, 9.17) is 9.47 Å². The lowest BCUT2D eigenvalue weighted by Gasteiger charge is -2.12. The number of hydrogen-bond donors (Lipinski definition) is 2. The lowest BCUT2D eigenvalue weighted by molar-refractivity contribution is 0.358. The minimum absolute atomic E-state index is 0.183. The molecule has 0 aliphatic carbocycles. The Bertz CT molecular complexity index is 821. The van der Waals surface area contributed by atoms with Crippen LogP contribution in [0.15, 0.2) is 42.7 Å². The Balaban J connectivity index is 2.11. The number of nitrogens with zero attached hydrogens (tertiary/aromatic N) is 2. The van der Waals surface area contributed by atoms with Gasteiger partial charge in [0, 0.05) is 17.1 Å². The Morgan fingerprint density at radius 2 is 1.91 bits per heavy atom. The third-order valence-corrected chi connectivity index (χ3v) is 3.26. The molecular formula is C16H15N3O3. The summed E-state index contributed by atoms with van der Waals surface area (Å²) in [6.07, 6.45) is 1.45. The van der Waals surface area contributed by atoms with Crippen LogP contribution in [0.25, 0.3) is 10.9 Å². The second-order valence-corrected chi connectivity index (χ2v) is 4.59. The topological polar surface area (TPSA) is 76.5 Å². The Kier molecular flexibility index (Phi) is 3.65. The number of methoxy groups -OCH3 is 2. The van der Waals surface area contributed by atoms with Crippen LogP contribution in [0.4, 0.5) is 11.5 Å². The summed E-state index contributed by atoms with van der Waals surface area (Å²) in [6.45, 7) is 0. The van der Waals surface area contributed by atoms with Crippen LogP contribution in [0.5, 0.6) is 17.2 Å². The zero-order chi connectivity index (χ0) is 15.5. The van der Waals surface area contributed by atoms with E-state index >= 15 is 0 Å². The highest BCUT2D eigenvalue weighted by Gasteiger charge is 2.13. The van der Waals surface area contributed by atoms with Crippen molar-refractivity contribution in [2.24, 2.45) is 0 Å². The van der Waals surface area contributed by atoms with Crippen molar-refractivity contribution < 1.29 is 14.6 Å². The molecule has 6 heteroatoms. The number of phenolic OH excluding ortho intramolecular Hbond substituents is 1. The predicted molar refractivity (Wildman–Crippen MR) is 84.0 cm³/mol. The van der Waals surface area contributed by atoms with Crippen molar-refractivity contribution in [2.45, 2.75) is 0 Å². The van der Waals surface area contributed by atoms with Crippen LogP contribution in [0.2, 0.25) is 0 Å². The maximum absolute atomic E-state index is 9.55. The van der Waals surface area contributed by atoms with Gasteiger partial charge in [0.05, 0.1) is 14.2 Å². The first-order valence-corrected chi connectivity index (χ1v) is 6.64. The summed E-state index contributed by atoms with van der Waals surface area (Å²) in [6, 6.07) is 10.5. The van der Waals surface area contributed by atoms with Gasteiger partial charge in [-0.1, -0.05) is 6.07 Å². The van der Waals surface area contributed by atoms with E-state index in [1.165, 1.54) is 6.33 Å². The molecule has 112 valence electrons. The summed E-state index contributed by atoms with van der Waals surface area (Å²) in [7, 11) is 3.15. The number of aromatic hydroxyl groups is 1. The number of anilines is 2. The fourth-order valence-electron chi connectivity index (χ4n) is 2.26. The average molecular weight is 297 g/mol. The van der Waals surface area contributed by atoms with Crippen LogP contribution < -0.4 is 14.8 Å². The van der Waals surface area contributed by atoms with E-state index in [1.807, 2.05) is 12.1 Å². The zero-order valence-corrected chi connectivity index (χ0v) is 12.2. The zero-order valence-electron chi connectivity index (χ0n) is 12.2. The fourth-order valence-corrected chi connectivity index (χ4v) is 2.26. The van der Waals surface area contributed by atoms with Gasteiger partial charge < -0.3 is 19.9 Å². The van der Waals surface area contributed by atoms with Gasteiger partial charge in [-0.05, 0) is 24.3 Å². The number of phenols is 1. The molecule has 0 aliphatic rings. The molecule has 3 aromatic rings. The standard InChI is InChI=1S/C16H15N3O3/c1-21-13-7-6-12-14(15(13)22-2)17-9-18-16(12)19-10-4-3-5-11(20)8-10/h3-9,20H,1-2H3,(H,17,18,19).